The van der Waals surface area contributed by atoms with Crippen LogP contribution < -0.4 is 11.6 Å². The van der Waals surface area contributed by atoms with Crippen LogP contribution in [0.1, 0.15) is 29.7 Å². The smallest absolute Gasteiger partial charge is 0.146 e. The molecule has 1 aliphatic heterocycles. The average molecular weight is 191 g/mol. The van der Waals surface area contributed by atoms with E-state index in [0.717, 1.165) is 17.7 Å². The SMILES string of the molecule is Nc1ccc2c(c1)C1C[C@@H]1N(N)C2O. The van der Waals surface area contributed by atoms with Gasteiger partial charge in [-0.05, 0) is 24.1 Å². The molecule has 2 unspecified atom stereocenters. The molecule has 1 aromatic rings. The summed E-state index contributed by atoms with van der Waals surface area (Å²) in [5.74, 6) is 6.24. The molecule has 0 bridgehead atoms. The van der Waals surface area contributed by atoms with Crippen LogP contribution >= 0.6 is 0 Å². The van der Waals surface area contributed by atoms with E-state index in [2.05, 4.69) is 0 Å². The molecule has 0 spiro atoms. The lowest BCUT2D eigenvalue weighted by Gasteiger charge is -2.29. The van der Waals surface area contributed by atoms with Crippen molar-refractivity contribution in [3.63, 3.8) is 0 Å². The van der Waals surface area contributed by atoms with Crippen LogP contribution in [-0.4, -0.2) is 16.2 Å². The Kier molecular flexibility index (Phi) is 1.45. The van der Waals surface area contributed by atoms with E-state index in [1.807, 2.05) is 12.1 Å². The highest BCUT2D eigenvalue weighted by molar-refractivity contribution is 5.50. The molecule has 3 atom stereocenters. The minimum atomic E-state index is -0.672. The van der Waals surface area contributed by atoms with Gasteiger partial charge in [-0.3, -0.25) is 5.84 Å². The summed E-state index contributed by atoms with van der Waals surface area (Å²) in [6.45, 7) is 0. The number of nitrogen functional groups attached to an aromatic ring is 1. The summed E-state index contributed by atoms with van der Waals surface area (Å²) in [5.41, 5.74) is 8.55. The van der Waals surface area contributed by atoms with Gasteiger partial charge in [-0.2, -0.15) is 0 Å². The molecule has 4 nitrogen and oxygen atoms in total. The molecule has 74 valence electrons. The fraction of sp³-hybridized carbons (Fsp3) is 0.400. The Balaban J connectivity index is 2.14. The van der Waals surface area contributed by atoms with Gasteiger partial charge in [-0.15, -0.1) is 0 Å². The van der Waals surface area contributed by atoms with E-state index in [0.29, 0.717) is 12.0 Å². The number of nitrogens with zero attached hydrogens (tertiary/aromatic N) is 1. The van der Waals surface area contributed by atoms with Gasteiger partial charge in [-0.1, -0.05) is 6.07 Å². The lowest BCUT2D eigenvalue weighted by molar-refractivity contribution is -0.0133. The van der Waals surface area contributed by atoms with E-state index in [4.69, 9.17) is 11.6 Å². The van der Waals surface area contributed by atoms with E-state index in [1.54, 1.807) is 11.1 Å². The van der Waals surface area contributed by atoms with Crippen LogP contribution in [0, 0.1) is 0 Å². The zero-order chi connectivity index (χ0) is 9.87. The van der Waals surface area contributed by atoms with Crippen molar-refractivity contribution in [3.05, 3.63) is 29.3 Å². The summed E-state index contributed by atoms with van der Waals surface area (Å²) in [7, 11) is 0. The molecule has 1 saturated carbocycles. The van der Waals surface area contributed by atoms with Gasteiger partial charge in [0.1, 0.15) is 6.23 Å². The monoisotopic (exact) mass is 191 g/mol. The molecular weight excluding hydrogens is 178 g/mol. The highest BCUT2D eigenvalue weighted by Crippen LogP contribution is 2.52. The van der Waals surface area contributed by atoms with Crippen molar-refractivity contribution < 1.29 is 5.11 Å². The maximum absolute atomic E-state index is 9.88. The maximum Gasteiger partial charge on any atom is 0.146 e. The standard InChI is InChI=1S/C10H13N3O/c11-5-1-2-6-7(3-5)8-4-9(8)13(12)10(6)14/h1-3,8-10,14H,4,11-12H2/t8?,9-,10?/m0/s1. The van der Waals surface area contributed by atoms with Gasteiger partial charge in [-0.25, -0.2) is 5.01 Å². The minimum Gasteiger partial charge on any atom is -0.399 e. The Labute approximate surface area is 82.1 Å². The molecule has 5 N–H and O–H groups in total. The first kappa shape index (κ1) is 8.23. The van der Waals surface area contributed by atoms with Gasteiger partial charge >= 0.3 is 0 Å². The molecule has 14 heavy (non-hydrogen) atoms. The van der Waals surface area contributed by atoms with Crippen LogP contribution in [-0.2, 0) is 0 Å². The van der Waals surface area contributed by atoms with Gasteiger partial charge in [0.2, 0.25) is 0 Å². The average Bonchev–Trinajstić information content (AvgIpc) is 2.94. The normalized spacial score (nSPS) is 34.9. The Morgan fingerprint density at radius 3 is 2.93 bits per heavy atom. The molecule has 0 aromatic heterocycles. The van der Waals surface area contributed by atoms with E-state index < -0.39 is 6.23 Å². The third kappa shape index (κ3) is 0.930. The number of aliphatic hydroxyl groups excluding tert-OH is 1. The zero-order valence-electron chi connectivity index (χ0n) is 7.72. The van der Waals surface area contributed by atoms with Crippen molar-refractivity contribution in [2.75, 3.05) is 5.73 Å². The Hall–Kier alpha value is -1.10. The molecule has 3 rings (SSSR count). The first-order valence-electron chi connectivity index (χ1n) is 4.79. The number of anilines is 1. The van der Waals surface area contributed by atoms with E-state index in [1.165, 1.54) is 5.56 Å². The lowest BCUT2D eigenvalue weighted by Crippen LogP contribution is -2.40. The number of nitrogens with two attached hydrogens (primary N) is 2. The predicted molar refractivity (Wildman–Crippen MR) is 53.0 cm³/mol. The molecule has 0 radical (unpaired) electrons. The number of benzene rings is 1. The second-order valence-electron chi connectivity index (χ2n) is 4.12. The topological polar surface area (TPSA) is 75.5 Å². The molecule has 1 aromatic carbocycles. The Bertz CT molecular complexity index is 393. The summed E-state index contributed by atoms with van der Waals surface area (Å²) in [6, 6.07) is 5.93. The first-order chi connectivity index (χ1) is 6.68. The number of hydrazine groups is 1. The van der Waals surface area contributed by atoms with Crippen LogP contribution in [0.25, 0.3) is 0 Å². The molecule has 1 fully saturated rings. The largest absolute Gasteiger partial charge is 0.399 e. The number of aliphatic hydroxyl groups is 1. The van der Waals surface area contributed by atoms with Crippen molar-refractivity contribution >= 4 is 5.69 Å². The van der Waals surface area contributed by atoms with Crippen LogP contribution in [0.4, 0.5) is 5.69 Å². The summed E-state index contributed by atoms with van der Waals surface area (Å²) >= 11 is 0. The Morgan fingerprint density at radius 2 is 2.14 bits per heavy atom. The number of hydrogen-bond acceptors (Lipinski definition) is 4. The summed E-state index contributed by atoms with van der Waals surface area (Å²) in [4.78, 5) is 0. The molecule has 0 saturated heterocycles. The summed E-state index contributed by atoms with van der Waals surface area (Å²) in [6.07, 6.45) is 0.360. The molecule has 1 aliphatic carbocycles. The first-order valence-corrected chi connectivity index (χ1v) is 4.79. The quantitative estimate of drug-likeness (QED) is 0.407. The van der Waals surface area contributed by atoms with Gasteiger partial charge < -0.3 is 10.8 Å². The van der Waals surface area contributed by atoms with Gasteiger partial charge in [0.15, 0.2) is 0 Å². The highest BCUT2D eigenvalue weighted by Gasteiger charge is 2.49. The maximum atomic E-state index is 9.88. The molecular formula is C10H13N3O. The van der Waals surface area contributed by atoms with Crippen molar-refractivity contribution in [1.29, 1.82) is 0 Å². The van der Waals surface area contributed by atoms with Crippen LogP contribution in [0.2, 0.25) is 0 Å². The molecule has 0 amide bonds. The number of hydrogen-bond donors (Lipinski definition) is 3. The fourth-order valence-electron chi connectivity index (χ4n) is 2.34. The number of fused-ring (bicyclic) bond motifs is 3. The molecule has 1 heterocycles. The van der Waals surface area contributed by atoms with Gasteiger partial charge in [0.05, 0.1) is 0 Å². The van der Waals surface area contributed by atoms with E-state index in [9.17, 15) is 5.11 Å². The second kappa shape index (κ2) is 2.48. The van der Waals surface area contributed by atoms with E-state index in [-0.39, 0.29) is 0 Å². The van der Waals surface area contributed by atoms with Crippen molar-refractivity contribution in [2.45, 2.75) is 24.6 Å². The van der Waals surface area contributed by atoms with Gasteiger partial charge in [0.25, 0.3) is 0 Å². The second-order valence-corrected chi connectivity index (χ2v) is 4.12. The van der Waals surface area contributed by atoms with Crippen LogP contribution in [0.3, 0.4) is 0 Å². The zero-order valence-corrected chi connectivity index (χ0v) is 7.72. The van der Waals surface area contributed by atoms with Gasteiger partial charge in [0, 0.05) is 23.2 Å². The minimum absolute atomic E-state index is 0.305. The van der Waals surface area contributed by atoms with Crippen LogP contribution in [0.15, 0.2) is 18.2 Å². The van der Waals surface area contributed by atoms with Crippen molar-refractivity contribution in [2.24, 2.45) is 5.84 Å². The predicted octanol–water partition coefficient (Wildman–Crippen LogP) is 0.305. The fourth-order valence-corrected chi connectivity index (χ4v) is 2.34. The third-order valence-electron chi connectivity index (χ3n) is 3.21. The molecule has 2 aliphatic rings. The van der Waals surface area contributed by atoms with Crippen LogP contribution in [0.5, 0.6) is 0 Å². The lowest BCUT2D eigenvalue weighted by atomic mass is 9.98. The van der Waals surface area contributed by atoms with E-state index >= 15 is 0 Å². The summed E-state index contributed by atoms with van der Waals surface area (Å²) in [5, 5.41) is 11.4. The summed E-state index contributed by atoms with van der Waals surface area (Å²) < 4.78 is 0. The van der Waals surface area contributed by atoms with Crippen molar-refractivity contribution in [1.82, 2.24) is 5.01 Å². The Morgan fingerprint density at radius 1 is 1.36 bits per heavy atom. The molecule has 4 heteroatoms. The third-order valence-corrected chi connectivity index (χ3v) is 3.21. The van der Waals surface area contributed by atoms with Crippen molar-refractivity contribution in [3.8, 4) is 0 Å². The number of rotatable bonds is 0. The highest BCUT2D eigenvalue weighted by atomic mass is 16.3.